The van der Waals surface area contributed by atoms with Crippen molar-refractivity contribution in [1.82, 2.24) is 5.32 Å². The lowest BCUT2D eigenvalue weighted by atomic mass is 10.0. The van der Waals surface area contributed by atoms with E-state index in [0.29, 0.717) is 12.6 Å². The van der Waals surface area contributed by atoms with Gasteiger partial charge in [0.05, 0.1) is 6.54 Å². The molecule has 1 saturated carbocycles. The summed E-state index contributed by atoms with van der Waals surface area (Å²) in [6.45, 7) is 3.98. The maximum absolute atomic E-state index is 5.51. The smallest absolute Gasteiger partial charge is 0.0791 e. The van der Waals surface area contributed by atoms with Crippen molar-refractivity contribution in [3.05, 3.63) is 29.8 Å². The van der Waals surface area contributed by atoms with E-state index in [0.717, 1.165) is 12.5 Å². The summed E-state index contributed by atoms with van der Waals surface area (Å²) < 4.78 is 0. The Morgan fingerprint density at radius 2 is 2.17 bits per heavy atom. The Hall–Kier alpha value is -1.46. The number of nitrogens with one attached hydrogen (secondary N) is 1. The third-order valence-electron chi connectivity index (χ3n) is 3.63. The second kappa shape index (κ2) is 5.93. The fraction of sp³-hybridized carbons (Fsp3) is 0.500. The molecule has 1 N–H and O–H groups in total. The van der Waals surface area contributed by atoms with Crippen molar-refractivity contribution in [2.24, 2.45) is 5.92 Å². The predicted octanol–water partition coefficient (Wildman–Crippen LogP) is 2.82. The first-order valence-corrected chi connectivity index (χ1v) is 6.71. The molecule has 0 bridgehead atoms. The van der Waals surface area contributed by atoms with E-state index in [1.807, 2.05) is 7.05 Å². The second-order valence-corrected chi connectivity index (χ2v) is 5.10. The molecule has 0 aliphatic heterocycles. The van der Waals surface area contributed by atoms with Crippen molar-refractivity contribution in [3.8, 4) is 12.3 Å². The quantitative estimate of drug-likeness (QED) is 0.772. The van der Waals surface area contributed by atoms with E-state index in [1.54, 1.807) is 0 Å². The van der Waals surface area contributed by atoms with E-state index in [1.165, 1.54) is 24.1 Å². The third kappa shape index (κ3) is 3.05. The molecule has 0 heterocycles. The van der Waals surface area contributed by atoms with E-state index in [-0.39, 0.29) is 0 Å². The van der Waals surface area contributed by atoms with Crippen LogP contribution in [-0.4, -0.2) is 20.1 Å². The summed E-state index contributed by atoms with van der Waals surface area (Å²) in [6, 6.07) is 8.91. The standard InChI is InChI=1S/C16H22N2/c1-4-11-18(12-14-9-10-14)16-8-6-5-7-15(16)13(2)17-3/h1,5-8,13-14,17H,9-12H2,2-3H3. The Balaban J connectivity index is 2.24. The second-order valence-electron chi connectivity index (χ2n) is 5.10. The zero-order chi connectivity index (χ0) is 13.0. The van der Waals surface area contributed by atoms with Crippen LogP contribution in [0.15, 0.2) is 24.3 Å². The summed E-state index contributed by atoms with van der Waals surface area (Å²) in [6.07, 6.45) is 8.22. The molecule has 0 aromatic heterocycles. The number of rotatable bonds is 6. The van der Waals surface area contributed by atoms with E-state index in [4.69, 9.17) is 6.42 Å². The summed E-state index contributed by atoms with van der Waals surface area (Å²) in [5.41, 5.74) is 2.61. The highest BCUT2D eigenvalue weighted by Crippen LogP contribution is 2.33. The minimum Gasteiger partial charge on any atom is -0.360 e. The molecule has 0 amide bonds. The highest BCUT2D eigenvalue weighted by molar-refractivity contribution is 5.56. The summed E-state index contributed by atoms with van der Waals surface area (Å²) in [5, 5.41) is 3.31. The summed E-state index contributed by atoms with van der Waals surface area (Å²) in [4.78, 5) is 2.35. The van der Waals surface area contributed by atoms with Crippen LogP contribution in [0.4, 0.5) is 5.69 Å². The summed E-state index contributed by atoms with van der Waals surface area (Å²) in [7, 11) is 1.99. The fourth-order valence-electron chi connectivity index (χ4n) is 2.27. The minimum absolute atomic E-state index is 0.348. The molecule has 2 rings (SSSR count). The van der Waals surface area contributed by atoms with Crippen molar-refractivity contribution in [3.63, 3.8) is 0 Å². The Morgan fingerprint density at radius 1 is 1.44 bits per heavy atom. The number of nitrogens with zero attached hydrogens (tertiary/aromatic N) is 1. The summed E-state index contributed by atoms with van der Waals surface area (Å²) >= 11 is 0. The van der Waals surface area contributed by atoms with Crippen molar-refractivity contribution < 1.29 is 0 Å². The molecule has 1 aliphatic rings. The van der Waals surface area contributed by atoms with Gasteiger partial charge in [-0.15, -0.1) is 6.42 Å². The van der Waals surface area contributed by atoms with E-state index < -0.39 is 0 Å². The Kier molecular flexibility index (Phi) is 4.28. The molecule has 1 fully saturated rings. The monoisotopic (exact) mass is 242 g/mol. The highest BCUT2D eigenvalue weighted by Gasteiger charge is 2.25. The van der Waals surface area contributed by atoms with Crippen LogP contribution in [0, 0.1) is 18.3 Å². The van der Waals surface area contributed by atoms with E-state index >= 15 is 0 Å². The van der Waals surface area contributed by atoms with E-state index in [9.17, 15) is 0 Å². The lowest BCUT2D eigenvalue weighted by Gasteiger charge is -2.27. The normalized spacial score (nSPS) is 16.1. The Bertz CT molecular complexity index is 429. The predicted molar refractivity (Wildman–Crippen MR) is 77.7 cm³/mol. The molecule has 2 heteroatoms. The largest absolute Gasteiger partial charge is 0.360 e. The average molecular weight is 242 g/mol. The molecule has 0 saturated heterocycles. The first kappa shape index (κ1) is 13.0. The topological polar surface area (TPSA) is 15.3 Å². The van der Waals surface area contributed by atoms with Gasteiger partial charge in [0.2, 0.25) is 0 Å². The van der Waals surface area contributed by atoms with Crippen LogP contribution in [0.25, 0.3) is 0 Å². The van der Waals surface area contributed by atoms with Gasteiger partial charge in [-0.05, 0) is 44.4 Å². The molecule has 1 aromatic rings. The van der Waals surface area contributed by atoms with Crippen LogP contribution in [0.3, 0.4) is 0 Å². The number of benzene rings is 1. The van der Waals surface area contributed by atoms with E-state index in [2.05, 4.69) is 47.3 Å². The van der Waals surface area contributed by atoms with Gasteiger partial charge in [-0.25, -0.2) is 0 Å². The van der Waals surface area contributed by atoms with Gasteiger partial charge in [-0.2, -0.15) is 0 Å². The average Bonchev–Trinajstić information content (AvgIpc) is 3.21. The van der Waals surface area contributed by atoms with Crippen molar-refractivity contribution in [1.29, 1.82) is 0 Å². The molecule has 0 spiro atoms. The van der Waals surface area contributed by atoms with Gasteiger partial charge in [-0.1, -0.05) is 24.1 Å². The molecular weight excluding hydrogens is 220 g/mol. The fourth-order valence-corrected chi connectivity index (χ4v) is 2.27. The van der Waals surface area contributed by atoms with Crippen molar-refractivity contribution in [2.75, 3.05) is 25.0 Å². The van der Waals surface area contributed by atoms with Crippen LogP contribution < -0.4 is 10.2 Å². The molecule has 18 heavy (non-hydrogen) atoms. The molecule has 0 radical (unpaired) electrons. The zero-order valence-electron chi connectivity index (χ0n) is 11.3. The van der Waals surface area contributed by atoms with Crippen LogP contribution in [-0.2, 0) is 0 Å². The van der Waals surface area contributed by atoms with Crippen LogP contribution >= 0.6 is 0 Å². The van der Waals surface area contributed by atoms with Gasteiger partial charge in [0.1, 0.15) is 0 Å². The van der Waals surface area contributed by atoms with Gasteiger partial charge in [0.15, 0.2) is 0 Å². The van der Waals surface area contributed by atoms with Crippen molar-refractivity contribution >= 4 is 5.69 Å². The van der Waals surface area contributed by atoms with Crippen LogP contribution in [0.1, 0.15) is 31.4 Å². The first-order chi connectivity index (χ1) is 8.76. The van der Waals surface area contributed by atoms with Gasteiger partial charge in [0.25, 0.3) is 0 Å². The SMILES string of the molecule is C#CCN(CC1CC1)c1ccccc1C(C)NC. The van der Waals surface area contributed by atoms with Gasteiger partial charge in [-0.3, -0.25) is 0 Å². The number of anilines is 1. The number of hydrogen-bond donors (Lipinski definition) is 1. The Morgan fingerprint density at radius 3 is 2.78 bits per heavy atom. The highest BCUT2D eigenvalue weighted by atomic mass is 15.1. The van der Waals surface area contributed by atoms with Crippen molar-refractivity contribution in [2.45, 2.75) is 25.8 Å². The number of hydrogen-bond acceptors (Lipinski definition) is 2. The molecule has 1 aromatic carbocycles. The minimum atomic E-state index is 0.348. The molecule has 2 nitrogen and oxygen atoms in total. The van der Waals surface area contributed by atoms with Gasteiger partial charge in [0, 0.05) is 18.3 Å². The zero-order valence-corrected chi connectivity index (χ0v) is 11.3. The first-order valence-electron chi connectivity index (χ1n) is 6.71. The van der Waals surface area contributed by atoms with Gasteiger partial charge < -0.3 is 10.2 Å². The Labute approximate surface area is 110 Å². The maximum Gasteiger partial charge on any atom is 0.0791 e. The van der Waals surface area contributed by atoms with Crippen LogP contribution in [0.5, 0.6) is 0 Å². The third-order valence-corrected chi connectivity index (χ3v) is 3.63. The molecule has 1 unspecified atom stereocenters. The van der Waals surface area contributed by atoms with Gasteiger partial charge >= 0.3 is 0 Å². The lowest BCUT2D eigenvalue weighted by Crippen LogP contribution is -2.28. The lowest BCUT2D eigenvalue weighted by molar-refractivity contribution is 0.646. The number of para-hydroxylation sites is 1. The molecular formula is C16H22N2. The molecule has 1 atom stereocenters. The van der Waals surface area contributed by atoms with Crippen LogP contribution in [0.2, 0.25) is 0 Å². The summed E-state index contributed by atoms with van der Waals surface area (Å²) in [5.74, 6) is 3.63. The number of terminal acetylenes is 1. The molecule has 96 valence electrons. The molecule has 1 aliphatic carbocycles. The maximum atomic E-state index is 5.51.